The minimum Gasteiger partial charge on any atom is -0.476 e. The lowest BCUT2D eigenvalue weighted by Crippen LogP contribution is -2.40. The van der Waals surface area contributed by atoms with Crippen LogP contribution >= 0.6 is 0 Å². The lowest BCUT2D eigenvalue weighted by Gasteiger charge is -2.28. The molecule has 3 rings (SSSR count). The van der Waals surface area contributed by atoms with E-state index >= 15 is 0 Å². The molecule has 2 aromatic rings. The number of aryl methyl sites for hydroxylation is 2. The maximum atomic E-state index is 12.7. The second-order valence-corrected chi connectivity index (χ2v) is 8.56. The van der Waals surface area contributed by atoms with Crippen molar-refractivity contribution in [2.75, 3.05) is 13.2 Å². The molecule has 10 nitrogen and oxygen atoms in total. The molecule has 0 spiro atoms. The van der Waals surface area contributed by atoms with Crippen LogP contribution in [0.2, 0.25) is 0 Å². The van der Waals surface area contributed by atoms with Gasteiger partial charge in [-0.15, -0.1) is 0 Å². The van der Waals surface area contributed by atoms with E-state index in [0.717, 1.165) is 0 Å². The van der Waals surface area contributed by atoms with Gasteiger partial charge in [0.05, 0.1) is 25.0 Å². The zero-order valence-electron chi connectivity index (χ0n) is 15.0. The minimum absolute atomic E-state index is 0.00779. The van der Waals surface area contributed by atoms with E-state index in [9.17, 15) is 18.6 Å². The molecule has 3 atom stereocenters. The molecule has 148 valence electrons. The van der Waals surface area contributed by atoms with E-state index in [1.54, 1.807) is 6.92 Å². The first-order valence-corrected chi connectivity index (χ1v) is 9.88. The number of rotatable bonds is 7. The number of nitrogens with zero attached hydrogens (tertiary/aromatic N) is 3. The predicted molar refractivity (Wildman–Crippen MR) is 92.4 cm³/mol. The van der Waals surface area contributed by atoms with Crippen molar-refractivity contribution in [1.29, 1.82) is 0 Å². The average Bonchev–Trinajstić information content (AvgIpc) is 3.12. The van der Waals surface area contributed by atoms with Gasteiger partial charge in [0.15, 0.2) is 5.76 Å². The Balaban J connectivity index is 1.76. The summed E-state index contributed by atoms with van der Waals surface area (Å²) in [7, 11) is -3.87. The predicted octanol–water partition coefficient (Wildman–Crippen LogP) is -0.0593. The molecular weight excluding hydrogens is 376 g/mol. The molecule has 11 heteroatoms. The van der Waals surface area contributed by atoms with Crippen LogP contribution in [0.15, 0.2) is 28.0 Å². The van der Waals surface area contributed by atoms with Gasteiger partial charge < -0.3 is 19.5 Å². The van der Waals surface area contributed by atoms with Crippen molar-refractivity contribution in [2.45, 2.75) is 43.8 Å². The summed E-state index contributed by atoms with van der Waals surface area (Å²) in [6, 6.07) is 0. The first kappa shape index (κ1) is 19.7. The van der Waals surface area contributed by atoms with Crippen LogP contribution in [-0.2, 0) is 10.0 Å². The summed E-state index contributed by atoms with van der Waals surface area (Å²) in [6.45, 7) is 3.09. The Kier molecular flexibility index (Phi) is 5.47. The fraction of sp³-hybridized carbons (Fsp3) is 0.562. The van der Waals surface area contributed by atoms with Crippen LogP contribution < -0.4 is 9.46 Å². The summed E-state index contributed by atoms with van der Waals surface area (Å²) in [5.74, 6) is 0.470. The van der Waals surface area contributed by atoms with E-state index in [1.807, 2.05) is 0 Å². The van der Waals surface area contributed by atoms with Gasteiger partial charge in [-0.2, -0.15) is 0 Å². The van der Waals surface area contributed by atoms with Crippen molar-refractivity contribution in [3.8, 4) is 5.88 Å². The van der Waals surface area contributed by atoms with E-state index in [4.69, 9.17) is 9.26 Å². The smallest absolute Gasteiger partial charge is 0.245 e. The molecule has 27 heavy (non-hydrogen) atoms. The van der Waals surface area contributed by atoms with Crippen LogP contribution in [0.25, 0.3) is 0 Å². The van der Waals surface area contributed by atoms with E-state index < -0.39 is 27.6 Å². The zero-order chi connectivity index (χ0) is 19.7. The molecule has 0 bridgehead atoms. The molecule has 0 amide bonds. The van der Waals surface area contributed by atoms with E-state index in [0.29, 0.717) is 0 Å². The Hall–Kier alpha value is -2.08. The fourth-order valence-electron chi connectivity index (χ4n) is 3.32. The van der Waals surface area contributed by atoms with Crippen molar-refractivity contribution in [3.63, 3.8) is 0 Å². The van der Waals surface area contributed by atoms with Crippen LogP contribution in [0.4, 0.5) is 0 Å². The highest BCUT2D eigenvalue weighted by atomic mass is 32.2. The van der Waals surface area contributed by atoms with Crippen LogP contribution in [-0.4, -0.2) is 59.1 Å². The Morgan fingerprint density at radius 1 is 1.30 bits per heavy atom. The van der Waals surface area contributed by atoms with Crippen LogP contribution in [0.5, 0.6) is 5.88 Å². The van der Waals surface area contributed by atoms with Crippen molar-refractivity contribution in [1.82, 2.24) is 19.8 Å². The van der Waals surface area contributed by atoms with Crippen molar-refractivity contribution in [2.24, 2.45) is 5.41 Å². The Morgan fingerprint density at radius 3 is 2.56 bits per heavy atom. The molecule has 3 N–H and O–H groups in total. The molecule has 1 unspecified atom stereocenters. The van der Waals surface area contributed by atoms with Crippen molar-refractivity contribution in [3.05, 3.63) is 30.0 Å². The third-order valence-electron chi connectivity index (χ3n) is 4.67. The second-order valence-electron chi connectivity index (χ2n) is 6.85. The quantitative estimate of drug-likeness (QED) is 0.583. The summed E-state index contributed by atoms with van der Waals surface area (Å²) in [5, 5.41) is 23.7. The number of hydrogen-bond acceptors (Lipinski definition) is 9. The molecule has 0 aromatic carbocycles. The van der Waals surface area contributed by atoms with E-state index in [2.05, 4.69) is 19.8 Å². The van der Waals surface area contributed by atoms with Gasteiger partial charge in [0.1, 0.15) is 10.6 Å². The van der Waals surface area contributed by atoms with Gasteiger partial charge in [-0.1, -0.05) is 5.16 Å². The van der Waals surface area contributed by atoms with Crippen LogP contribution in [0.3, 0.4) is 0 Å². The number of ether oxygens (including phenoxy) is 1. The number of sulfonamides is 1. The maximum absolute atomic E-state index is 12.7. The molecule has 0 aliphatic heterocycles. The Labute approximate surface area is 156 Å². The third-order valence-corrected chi connectivity index (χ3v) is 6.31. The standard InChI is InChI=1S/C16H22N4O6S/c1-10-15(11(2)26-20-10)27(23,24)19-8-16(5-12(21)13(22)6-16)9-25-14-7-17-3-4-18-14/h3-4,7,12-13,19,21-22H,5-6,8-9H2,1-2H3/t12-,13+,16?. The molecule has 1 aliphatic carbocycles. The molecule has 0 saturated heterocycles. The van der Waals surface area contributed by atoms with Gasteiger partial charge in [0, 0.05) is 24.4 Å². The van der Waals surface area contributed by atoms with Gasteiger partial charge >= 0.3 is 0 Å². The van der Waals surface area contributed by atoms with Crippen molar-refractivity contribution >= 4 is 10.0 Å². The molecular formula is C16H22N4O6S. The molecule has 0 radical (unpaired) electrons. The summed E-state index contributed by atoms with van der Waals surface area (Å²) in [6.07, 6.45) is 2.85. The number of hydrogen-bond donors (Lipinski definition) is 3. The summed E-state index contributed by atoms with van der Waals surface area (Å²) < 4.78 is 38.4. The maximum Gasteiger partial charge on any atom is 0.245 e. The highest BCUT2D eigenvalue weighted by Gasteiger charge is 2.45. The first-order valence-electron chi connectivity index (χ1n) is 8.40. The highest BCUT2D eigenvalue weighted by molar-refractivity contribution is 7.89. The van der Waals surface area contributed by atoms with Crippen molar-refractivity contribution < 1.29 is 27.9 Å². The lowest BCUT2D eigenvalue weighted by atomic mass is 9.87. The van der Waals surface area contributed by atoms with Gasteiger partial charge in [0.2, 0.25) is 15.9 Å². The van der Waals surface area contributed by atoms with Crippen LogP contribution in [0, 0.1) is 19.3 Å². The third kappa shape index (κ3) is 4.26. The largest absolute Gasteiger partial charge is 0.476 e. The average molecular weight is 398 g/mol. The minimum atomic E-state index is -3.87. The fourth-order valence-corrected chi connectivity index (χ4v) is 4.80. The number of aliphatic hydroxyl groups is 2. The second kappa shape index (κ2) is 7.50. The van der Waals surface area contributed by atoms with Gasteiger partial charge in [-0.3, -0.25) is 4.98 Å². The topological polar surface area (TPSA) is 148 Å². The summed E-state index contributed by atoms with van der Waals surface area (Å²) in [4.78, 5) is 7.91. The SMILES string of the molecule is Cc1noc(C)c1S(=O)(=O)NCC1(COc2cnccn2)C[C@@H](O)[C@@H](O)C1. The number of aliphatic hydroxyl groups excluding tert-OH is 2. The molecule has 2 heterocycles. The Morgan fingerprint density at radius 2 is 2.00 bits per heavy atom. The van der Waals surface area contributed by atoms with Gasteiger partial charge in [-0.05, 0) is 26.7 Å². The molecule has 2 aromatic heterocycles. The Bertz CT molecular complexity index is 856. The van der Waals surface area contributed by atoms with Crippen LogP contribution in [0.1, 0.15) is 24.3 Å². The lowest BCUT2D eigenvalue weighted by molar-refractivity contribution is 0.0438. The highest BCUT2D eigenvalue weighted by Crippen LogP contribution is 2.39. The summed E-state index contributed by atoms with van der Waals surface area (Å²) >= 11 is 0. The van der Waals surface area contributed by atoms with E-state index in [-0.39, 0.29) is 48.2 Å². The van der Waals surface area contributed by atoms with E-state index in [1.165, 1.54) is 25.5 Å². The number of nitrogens with one attached hydrogen (secondary N) is 1. The molecule has 1 fully saturated rings. The summed E-state index contributed by atoms with van der Waals surface area (Å²) in [5.41, 5.74) is -0.543. The van der Waals surface area contributed by atoms with Gasteiger partial charge in [0.25, 0.3) is 0 Å². The normalized spacial score (nSPS) is 25.6. The zero-order valence-corrected chi connectivity index (χ0v) is 15.8. The number of aromatic nitrogens is 3. The first-order chi connectivity index (χ1) is 12.7. The molecule has 1 aliphatic rings. The van der Waals surface area contributed by atoms with Gasteiger partial charge in [-0.25, -0.2) is 18.1 Å². The molecule has 1 saturated carbocycles. The monoisotopic (exact) mass is 398 g/mol.